The fourth-order valence-corrected chi connectivity index (χ4v) is 2.77. The molecule has 0 aromatic carbocycles. The highest BCUT2D eigenvalue weighted by molar-refractivity contribution is 5.96. The van der Waals surface area contributed by atoms with E-state index in [0.29, 0.717) is 19.4 Å². The van der Waals surface area contributed by atoms with E-state index in [1.807, 2.05) is 5.32 Å². The van der Waals surface area contributed by atoms with Crippen molar-refractivity contribution in [3.05, 3.63) is 0 Å². The van der Waals surface area contributed by atoms with Gasteiger partial charge in [-0.3, -0.25) is 28.8 Å². The highest BCUT2D eigenvalue weighted by Gasteiger charge is 2.32. The van der Waals surface area contributed by atoms with Gasteiger partial charge >= 0.3 is 23.9 Å². The van der Waals surface area contributed by atoms with Crippen molar-refractivity contribution in [1.82, 2.24) is 16.0 Å². The Morgan fingerprint density at radius 3 is 1.63 bits per heavy atom. The molecule has 0 aromatic rings. The zero-order chi connectivity index (χ0) is 27.1. The van der Waals surface area contributed by atoms with Gasteiger partial charge in [-0.2, -0.15) is 0 Å². The third-order valence-electron chi connectivity index (χ3n) is 4.58. The molecule has 4 atom stereocenters. The first-order chi connectivity index (χ1) is 16.3. The lowest BCUT2D eigenvalue weighted by Crippen LogP contribution is -2.57. The second kappa shape index (κ2) is 15.9. The number of amides is 3. The molecule has 0 bridgehead atoms. The fourth-order valence-electron chi connectivity index (χ4n) is 2.77. The Morgan fingerprint density at radius 1 is 0.629 bits per heavy atom. The van der Waals surface area contributed by atoms with Crippen LogP contribution in [0, 0.1) is 0 Å². The maximum Gasteiger partial charge on any atom is 0.326 e. The molecular weight excluding hydrogens is 474 g/mol. The molecule has 4 unspecified atom stereocenters. The van der Waals surface area contributed by atoms with Gasteiger partial charge in [0, 0.05) is 6.42 Å². The molecule has 0 radical (unpaired) electrons. The molecule has 0 fully saturated rings. The van der Waals surface area contributed by atoms with Crippen molar-refractivity contribution in [3.63, 3.8) is 0 Å². The van der Waals surface area contributed by atoms with Crippen LogP contribution in [0.25, 0.3) is 0 Å². The summed E-state index contributed by atoms with van der Waals surface area (Å²) in [6.07, 6.45) is -2.00. The largest absolute Gasteiger partial charge is 0.481 e. The summed E-state index contributed by atoms with van der Waals surface area (Å²) >= 11 is 0. The van der Waals surface area contributed by atoms with Crippen molar-refractivity contribution < 1.29 is 54.0 Å². The van der Waals surface area contributed by atoms with Crippen LogP contribution in [0.4, 0.5) is 0 Å². The number of aliphatic carboxylic acids is 4. The second-order valence-electron chi connectivity index (χ2n) is 7.54. The minimum Gasteiger partial charge on any atom is -0.481 e. The minimum absolute atomic E-state index is 0.0109. The molecule has 0 saturated carbocycles. The van der Waals surface area contributed by atoms with Crippen LogP contribution in [0.2, 0.25) is 0 Å². The Labute approximate surface area is 199 Å². The lowest BCUT2D eigenvalue weighted by molar-refractivity contribution is -0.144. The first kappa shape index (κ1) is 31.2. The molecule has 0 aliphatic carbocycles. The first-order valence-electron chi connectivity index (χ1n) is 10.5. The zero-order valence-corrected chi connectivity index (χ0v) is 18.8. The summed E-state index contributed by atoms with van der Waals surface area (Å²) in [6, 6.07) is -6.34. The number of unbranched alkanes of at least 4 members (excludes halogenated alkanes) is 1. The second-order valence-corrected chi connectivity index (χ2v) is 7.54. The highest BCUT2D eigenvalue weighted by atomic mass is 16.4. The Balaban J connectivity index is 5.56. The number of carbonyl (C=O) groups excluding carboxylic acids is 3. The van der Waals surface area contributed by atoms with Crippen LogP contribution in [0.1, 0.15) is 44.9 Å². The van der Waals surface area contributed by atoms with E-state index in [4.69, 9.17) is 26.8 Å². The van der Waals surface area contributed by atoms with Crippen molar-refractivity contribution in [1.29, 1.82) is 0 Å². The Bertz CT molecular complexity index is 804. The van der Waals surface area contributed by atoms with Gasteiger partial charge in [0.05, 0.1) is 18.9 Å². The summed E-state index contributed by atoms with van der Waals surface area (Å²) in [5, 5.41) is 42.3. The van der Waals surface area contributed by atoms with Crippen LogP contribution in [0.15, 0.2) is 0 Å². The van der Waals surface area contributed by atoms with E-state index >= 15 is 0 Å². The van der Waals surface area contributed by atoms with Gasteiger partial charge in [0.1, 0.15) is 18.1 Å². The molecule has 16 heteroatoms. The lowest BCUT2D eigenvalue weighted by atomic mass is 10.1. The van der Waals surface area contributed by atoms with Crippen molar-refractivity contribution in [2.24, 2.45) is 11.5 Å². The van der Waals surface area contributed by atoms with Crippen LogP contribution < -0.4 is 27.4 Å². The third-order valence-corrected chi connectivity index (χ3v) is 4.58. The molecule has 11 N–H and O–H groups in total. The number of hydrogen-bond acceptors (Lipinski definition) is 9. The quantitative estimate of drug-likeness (QED) is 0.0830. The van der Waals surface area contributed by atoms with Crippen LogP contribution in [-0.2, 0) is 33.6 Å². The Hall–Kier alpha value is -3.79. The standard InChI is InChI=1S/C19H31N5O11/c20-6-2-1-3-11(19(34)35)23-17(32)10(4-5-13(25)26)22-18(33)12(8-15(29)30)24-16(31)9(21)7-14(27)28/h9-12H,1-8,20-21H2,(H,22,33)(H,23,32)(H,24,31)(H,25,26)(H,27,28)(H,29,30)(H,34,35). The third kappa shape index (κ3) is 13.5. The number of hydrogen-bond donors (Lipinski definition) is 9. The molecule has 16 nitrogen and oxygen atoms in total. The normalized spacial score (nSPS) is 14.0. The Morgan fingerprint density at radius 2 is 1.14 bits per heavy atom. The zero-order valence-electron chi connectivity index (χ0n) is 18.8. The van der Waals surface area contributed by atoms with Crippen molar-refractivity contribution in [3.8, 4) is 0 Å². The summed E-state index contributed by atoms with van der Waals surface area (Å²) in [4.78, 5) is 81.6. The molecule has 3 amide bonds. The molecular formula is C19H31N5O11. The predicted octanol–water partition coefficient (Wildman–Crippen LogP) is -3.20. The van der Waals surface area contributed by atoms with E-state index in [0.717, 1.165) is 0 Å². The van der Waals surface area contributed by atoms with Gasteiger partial charge in [-0.1, -0.05) is 0 Å². The number of carboxylic acid groups (broad SMARTS) is 4. The van der Waals surface area contributed by atoms with E-state index in [2.05, 4.69) is 10.6 Å². The summed E-state index contributed by atoms with van der Waals surface area (Å²) in [6.45, 7) is 0.296. The van der Waals surface area contributed by atoms with Crippen LogP contribution in [0.3, 0.4) is 0 Å². The van der Waals surface area contributed by atoms with Crippen LogP contribution in [-0.4, -0.2) is 92.7 Å². The van der Waals surface area contributed by atoms with E-state index in [-0.39, 0.29) is 6.42 Å². The number of carboxylic acids is 4. The predicted molar refractivity (Wildman–Crippen MR) is 116 cm³/mol. The van der Waals surface area contributed by atoms with Gasteiger partial charge in [-0.15, -0.1) is 0 Å². The van der Waals surface area contributed by atoms with Gasteiger partial charge < -0.3 is 47.8 Å². The number of nitrogens with two attached hydrogens (primary N) is 2. The fraction of sp³-hybridized carbons (Fsp3) is 0.632. The maximum atomic E-state index is 12.6. The van der Waals surface area contributed by atoms with Crippen molar-refractivity contribution in [2.75, 3.05) is 6.54 Å². The SMILES string of the molecule is NCCCCC(NC(=O)C(CCC(=O)O)NC(=O)C(CC(=O)O)NC(=O)C(N)CC(=O)O)C(=O)O. The molecule has 0 heterocycles. The molecule has 0 aliphatic heterocycles. The van der Waals surface area contributed by atoms with E-state index < -0.39 is 91.4 Å². The molecule has 0 rings (SSSR count). The summed E-state index contributed by atoms with van der Waals surface area (Å²) in [5.74, 6) is -9.05. The van der Waals surface area contributed by atoms with E-state index in [9.17, 15) is 38.7 Å². The van der Waals surface area contributed by atoms with Gasteiger partial charge in [-0.05, 0) is 32.2 Å². The maximum absolute atomic E-state index is 12.6. The van der Waals surface area contributed by atoms with Crippen LogP contribution in [0.5, 0.6) is 0 Å². The number of nitrogens with one attached hydrogen (secondary N) is 3. The average molecular weight is 505 g/mol. The van der Waals surface area contributed by atoms with Gasteiger partial charge in [0.15, 0.2) is 0 Å². The number of carbonyl (C=O) groups is 7. The monoisotopic (exact) mass is 505 g/mol. The summed E-state index contributed by atoms with van der Waals surface area (Å²) in [7, 11) is 0. The topological polar surface area (TPSA) is 289 Å². The van der Waals surface area contributed by atoms with Crippen molar-refractivity contribution in [2.45, 2.75) is 69.1 Å². The smallest absolute Gasteiger partial charge is 0.326 e. The Kier molecular flexibility index (Phi) is 14.2. The summed E-state index contributed by atoms with van der Waals surface area (Å²) in [5.41, 5.74) is 10.8. The summed E-state index contributed by atoms with van der Waals surface area (Å²) < 4.78 is 0. The highest BCUT2D eigenvalue weighted by Crippen LogP contribution is 2.06. The van der Waals surface area contributed by atoms with Gasteiger partial charge in [0.25, 0.3) is 0 Å². The minimum atomic E-state index is -1.79. The van der Waals surface area contributed by atoms with Gasteiger partial charge in [-0.25, -0.2) is 4.79 Å². The van der Waals surface area contributed by atoms with E-state index in [1.165, 1.54) is 0 Å². The molecule has 35 heavy (non-hydrogen) atoms. The lowest BCUT2D eigenvalue weighted by Gasteiger charge is -2.24. The average Bonchev–Trinajstić information content (AvgIpc) is 2.74. The van der Waals surface area contributed by atoms with Crippen LogP contribution >= 0.6 is 0 Å². The van der Waals surface area contributed by atoms with Gasteiger partial charge in [0.2, 0.25) is 17.7 Å². The van der Waals surface area contributed by atoms with Crippen molar-refractivity contribution >= 4 is 41.6 Å². The first-order valence-corrected chi connectivity index (χ1v) is 10.5. The molecule has 0 spiro atoms. The molecule has 0 aromatic heterocycles. The van der Waals surface area contributed by atoms with E-state index in [1.54, 1.807) is 0 Å². The number of rotatable bonds is 18. The molecule has 198 valence electrons. The molecule has 0 saturated heterocycles. The molecule has 0 aliphatic rings.